The van der Waals surface area contributed by atoms with Gasteiger partial charge in [0.25, 0.3) is 0 Å². The number of para-hydroxylation sites is 1. The summed E-state index contributed by atoms with van der Waals surface area (Å²) in [6, 6.07) is 13.8. The second-order valence-electron chi connectivity index (χ2n) is 6.61. The van der Waals surface area contributed by atoms with Crippen LogP contribution < -0.4 is 10.2 Å². The standard InChI is InChI=1S/C20H20N6OS2/c21-13-15-9-12-28-18(15)22-17(27)14-29-20-24-23-19(25-10-5-2-6-11-25)26(20)16-7-3-1-4-8-16/h1,3-4,7-9,12H,2,5-6,10-11,14H2,(H,22,27). The summed E-state index contributed by atoms with van der Waals surface area (Å²) < 4.78 is 2.02. The molecule has 1 amide bonds. The molecule has 148 valence electrons. The number of thioether (sulfide) groups is 1. The van der Waals surface area contributed by atoms with Crippen LogP contribution in [0.25, 0.3) is 5.69 Å². The summed E-state index contributed by atoms with van der Waals surface area (Å²) in [5.74, 6) is 0.841. The van der Waals surface area contributed by atoms with Gasteiger partial charge in [-0.15, -0.1) is 21.5 Å². The highest BCUT2D eigenvalue weighted by atomic mass is 32.2. The van der Waals surface area contributed by atoms with Crippen LogP contribution in [-0.2, 0) is 4.79 Å². The lowest BCUT2D eigenvalue weighted by molar-refractivity contribution is -0.113. The van der Waals surface area contributed by atoms with Gasteiger partial charge in [0.1, 0.15) is 11.1 Å². The summed E-state index contributed by atoms with van der Waals surface area (Å²) in [6.45, 7) is 1.93. The molecular weight excluding hydrogens is 404 g/mol. The van der Waals surface area contributed by atoms with Gasteiger partial charge < -0.3 is 10.2 Å². The molecule has 0 atom stereocenters. The molecule has 1 aliphatic heterocycles. The fourth-order valence-corrected chi connectivity index (χ4v) is 4.75. The van der Waals surface area contributed by atoms with Crippen molar-refractivity contribution in [2.24, 2.45) is 0 Å². The highest BCUT2D eigenvalue weighted by molar-refractivity contribution is 7.99. The van der Waals surface area contributed by atoms with E-state index in [0.29, 0.717) is 15.7 Å². The predicted molar refractivity (Wildman–Crippen MR) is 116 cm³/mol. The lowest BCUT2D eigenvalue weighted by Crippen LogP contribution is -2.31. The van der Waals surface area contributed by atoms with Crippen LogP contribution >= 0.6 is 23.1 Å². The van der Waals surface area contributed by atoms with Crippen LogP contribution in [0.4, 0.5) is 10.9 Å². The van der Waals surface area contributed by atoms with Crippen molar-refractivity contribution in [1.82, 2.24) is 14.8 Å². The van der Waals surface area contributed by atoms with Gasteiger partial charge in [-0.2, -0.15) is 5.26 Å². The number of benzene rings is 1. The van der Waals surface area contributed by atoms with Crippen molar-refractivity contribution in [3.05, 3.63) is 47.3 Å². The Morgan fingerprint density at radius 3 is 2.72 bits per heavy atom. The zero-order valence-corrected chi connectivity index (χ0v) is 17.4. The predicted octanol–water partition coefficient (Wildman–Crippen LogP) is 3.92. The lowest BCUT2D eigenvalue weighted by Gasteiger charge is -2.27. The van der Waals surface area contributed by atoms with Gasteiger partial charge in [-0.3, -0.25) is 9.36 Å². The Kier molecular flexibility index (Phi) is 6.12. The Balaban J connectivity index is 1.53. The molecule has 0 radical (unpaired) electrons. The zero-order valence-electron chi connectivity index (χ0n) is 15.7. The van der Waals surface area contributed by atoms with Crippen LogP contribution in [0.1, 0.15) is 24.8 Å². The van der Waals surface area contributed by atoms with Crippen molar-refractivity contribution in [2.75, 3.05) is 29.1 Å². The SMILES string of the molecule is N#Cc1ccsc1NC(=O)CSc1nnc(N2CCCCC2)n1-c1ccccc1. The van der Waals surface area contributed by atoms with E-state index in [1.807, 2.05) is 34.9 Å². The van der Waals surface area contributed by atoms with Crippen molar-refractivity contribution in [2.45, 2.75) is 24.4 Å². The second-order valence-corrected chi connectivity index (χ2v) is 8.47. The summed E-state index contributed by atoms with van der Waals surface area (Å²) in [5, 5.41) is 23.8. The Morgan fingerprint density at radius 1 is 1.17 bits per heavy atom. The number of carbonyl (C=O) groups is 1. The molecule has 0 unspecified atom stereocenters. The number of nitriles is 1. The molecule has 1 N–H and O–H groups in total. The summed E-state index contributed by atoms with van der Waals surface area (Å²) >= 11 is 2.69. The molecular formula is C20H20N6OS2. The molecule has 29 heavy (non-hydrogen) atoms. The number of hydrogen-bond acceptors (Lipinski definition) is 7. The van der Waals surface area contributed by atoms with E-state index in [9.17, 15) is 4.79 Å². The van der Waals surface area contributed by atoms with Gasteiger partial charge in [-0.05, 0) is 42.8 Å². The molecule has 0 saturated carbocycles. The summed E-state index contributed by atoms with van der Waals surface area (Å²) in [7, 11) is 0. The minimum absolute atomic E-state index is 0.170. The first-order valence-electron chi connectivity index (χ1n) is 9.42. The fourth-order valence-electron chi connectivity index (χ4n) is 3.24. The molecule has 1 saturated heterocycles. The Labute approximate surface area is 177 Å². The third-order valence-electron chi connectivity index (χ3n) is 4.64. The molecule has 0 aliphatic carbocycles. The van der Waals surface area contributed by atoms with E-state index >= 15 is 0 Å². The Morgan fingerprint density at radius 2 is 1.97 bits per heavy atom. The maximum absolute atomic E-state index is 12.4. The van der Waals surface area contributed by atoms with Gasteiger partial charge in [0.05, 0.1) is 17.0 Å². The number of rotatable bonds is 6. The van der Waals surface area contributed by atoms with Crippen LogP contribution in [0.5, 0.6) is 0 Å². The molecule has 9 heteroatoms. The van der Waals surface area contributed by atoms with Gasteiger partial charge >= 0.3 is 0 Å². The van der Waals surface area contributed by atoms with Crippen molar-refractivity contribution in [1.29, 1.82) is 5.26 Å². The third-order valence-corrected chi connectivity index (χ3v) is 6.40. The number of thiophene rings is 1. The number of nitrogens with zero attached hydrogens (tertiary/aromatic N) is 5. The number of nitrogens with one attached hydrogen (secondary N) is 1. The van der Waals surface area contributed by atoms with Crippen LogP contribution in [0.15, 0.2) is 46.9 Å². The molecule has 1 aromatic carbocycles. The molecule has 7 nitrogen and oxygen atoms in total. The van der Waals surface area contributed by atoms with Crippen LogP contribution in [0, 0.1) is 11.3 Å². The highest BCUT2D eigenvalue weighted by Gasteiger charge is 2.22. The van der Waals surface area contributed by atoms with Crippen molar-refractivity contribution < 1.29 is 4.79 Å². The van der Waals surface area contributed by atoms with E-state index in [2.05, 4.69) is 26.5 Å². The van der Waals surface area contributed by atoms with Crippen molar-refractivity contribution in [3.8, 4) is 11.8 Å². The number of piperidine rings is 1. The molecule has 1 fully saturated rings. The minimum atomic E-state index is -0.170. The molecule has 4 rings (SSSR count). The first-order valence-corrected chi connectivity index (χ1v) is 11.3. The molecule has 0 bridgehead atoms. The summed E-state index contributed by atoms with van der Waals surface area (Å²) in [5.41, 5.74) is 1.46. The van der Waals surface area contributed by atoms with Crippen molar-refractivity contribution in [3.63, 3.8) is 0 Å². The first kappa shape index (κ1) is 19.5. The highest BCUT2D eigenvalue weighted by Crippen LogP contribution is 2.29. The minimum Gasteiger partial charge on any atom is -0.341 e. The maximum atomic E-state index is 12.4. The average Bonchev–Trinajstić information content (AvgIpc) is 3.40. The number of amides is 1. The van der Waals surface area contributed by atoms with Crippen LogP contribution in [-0.4, -0.2) is 39.5 Å². The third kappa shape index (κ3) is 4.44. The molecule has 1 aliphatic rings. The van der Waals surface area contributed by atoms with E-state index in [0.717, 1.165) is 37.6 Å². The normalized spacial score (nSPS) is 13.8. The smallest absolute Gasteiger partial charge is 0.235 e. The number of anilines is 2. The summed E-state index contributed by atoms with van der Waals surface area (Å²) in [4.78, 5) is 14.7. The van der Waals surface area contributed by atoms with Gasteiger partial charge in [-0.1, -0.05) is 30.0 Å². The Hall–Kier alpha value is -2.83. The van der Waals surface area contributed by atoms with Gasteiger partial charge in [-0.25, -0.2) is 0 Å². The second kappa shape index (κ2) is 9.11. The number of aromatic nitrogens is 3. The molecule has 3 aromatic rings. The molecule has 3 heterocycles. The Bertz CT molecular complexity index is 1020. The monoisotopic (exact) mass is 424 g/mol. The van der Waals surface area contributed by atoms with Crippen LogP contribution in [0.2, 0.25) is 0 Å². The fraction of sp³-hybridized carbons (Fsp3) is 0.300. The quantitative estimate of drug-likeness (QED) is 0.604. The van der Waals surface area contributed by atoms with Crippen molar-refractivity contribution >= 4 is 40.0 Å². The topological polar surface area (TPSA) is 86.8 Å². The van der Waals surface area contributed by atoms with E-state index in [4.69, 9.17) is 5.26 Å². The van der Waals surface area contributed by atoms with Gasteiger partial charge in [0.2, 0.25) is 11.9 Å². The average molecular weight is 425 g/mol. The maximum Gasteiger partial charge on any atom is 0.235 e. The van der Waals surface area contributed by atoms with E-state index in [-0.39, 0.29) is 11.7 Å². The van der Waals surface area contributed by atoms with E-state index < -0.39 is 0 Å². The number of hydrogen-bond donors (Lipinski definition) is 1. The van der Waals surface area contributed by atoms with E-state index in [1.54, 1.807) is 11.4 Å². The van der Waals surface area contributed by atoms with Gasteiger partial charge in [0, 0.05) is 13.1 Å². The zero-order chi connectivity index (χ0) is 20.1. The molecule has 0 spiro atoms. The lowest BCUT2D eigenvalue weighted by atomic mass is 10.1. The van der Waals surface area contributed by atoms with Crippen LogP contribution in [0.3, 0.4) is 0 Å². The van der Waals surface area contributed by atoms with Gasteiger partial charge in [0.15, 0.2) is 5.16 Å². The number of carbonyl (C=O) groups excluding carboxylic acids is 1. The first-order chi connectivity index (χ1) is 14.3. The largest absolute Gasteiger partial charge is 0.341 e. The summed E-state index contributed by atoms with van der Waals surface area (Å²) in [6.07, 6.45) is 3.54. The van der Waals surface area contributed by atoms with E-state index in [1.165, 1.54) is 29.5 Å². The molecule has 2 aromatic heterocycles.